The van der Waals surface area contributed by atoms with Crippen LogP contribution in [0, 0.1) is 69.5 Å². The molecule has 0 spiro atoms. The average Bonchev–Trinajstić information content (AvgIpc) is 3.11. The molecule has 0 amide bonds. The Morgan fingerprint density at radius 1 is 0.969 bits per heavy atom. The molecule has 4 aliphatic carbocycles. The SMILES string of the molecule is C=C(CC)CCC(C)C1CCC2C3C(C)C(C)C4(C)CC(C)CCC4(C)C3CC(C)C12C. The van der Waals surface area contributed by atoms with Gasteiger partial charge >= 0.3 is 0 Å². The molecule has 0 aromatic rings. The third-order valence-corrected chi connectivity index (χ3v) is 13.6. The summed E-state index contributed by atoms with van der Waals surface area (Å²) in [5, 5.41) is 0. The highest BCUT2D eigenvalue weighted by Crippen LogP contribution is 2.75. The maximum Gasteiger partial charge on any atom is -0.0238 e. The molecular weight excluding hydrogens is 384 g/mol. The average molecular weight is 441 g/mol. The van der Waals surface area contributed by atoms with Gasteiger partial charge in [0, 0.05) is 0 Å². The molecule has 12 atom stereocenters. The lowest BCUT2D eigenvalue weighted by atomic mass is 9.34. The first-order valence-corrected chi connectivity index (χ1v) is 14.6. The molecule has 184 valence electrons. The summed E-state index contributed by atoms with van der Waals surface area (Å²) in [6.07, 6.45) is 12.7. The van der Waals surface area contributed by atoms with E-state index in [-0.39, 0.29) is 0 Å². The molecule has 0 heterocycles. The zero-order valence-corrected chi connectivity index (χ0v) is 23.3. The first-order valence-electron chi connectivity index (χ1n) is 14.6. The molecule has 0 bridgehead atoms. The Morgan fingerprint density at radius 3 is 2.31 bits per heavy atom. The van der Waals surface area contributed by atoms with Crippen LogP contribution >= 0.6 is 0 Å². The zero-order valence-electron chi connectivity index (χ0n) is 23.3. The van der Waals surface area contributed by atoms with E-state index in [1.165, 1.54) is 56.9 Å². The predicted octanol–water partition coefficient (Wildman–Crippen LogP) is 9.79. The van der Waals surface area contributed by atoms with Crippen LogP contribution in [0.2, 0.25) is 0 Å². The molecule has 0 nitrogen and oxygen atoms in total. The van der Waals surface area contributed by atoms with E-state index < -0.39 is 0 Å². The summed E-state index contributed by atoms with van der Waals surface area (Å²) >= 11 is 0. The van der Waals surface area contributed by atoms with Crippen molar-refractivity contribution in [2.45, 2.75) is 120 Å². The van der Waals surface area contributed by atoms with Gasteiger partial charge in [-0.15, -0.1) is 0 Å². The molecule has 0 aromatic carbocycles. The van der Waals surface area contributed by atoms with E-state index in [1.54, 1.807) is 0 Å². The van der Waals surface area contributed by atoms with Crippen LogP contribution in [0.4, 0.5) is 0 Å². The van der Waals surface area contributed by atoms with E-state index in [4.69, 9.17) is 0 Å². The number of fused-ring (bicyclic) bond motifs is 5. The van der Waals surface area contributed by atoms with Crippen molar-refractivity contribution in [1.29, 1.82) is 0 Å². The van der Waals surface area contributed by atoms with Crippen LogP contribution in [0.5, 0.6) is 0 Å². The minimum atomic E-state index is 0.532. The van der Waals surface area contributed by atoms with E-state index in [9.17, 15) is 0 Å². The largest absolute Gasteiger partial charge is 0.0999 e. The van der Waals surface area contributed by atoms with Crippen LogP contribution < -0.4 is 0 Å². The lowest BCUT2D eigenvalue weighted by molar-refractivity contribution is -0.222. The van der Waals surface area contributed by atoms with Gasteiger partial charge in [0.05, 0.1) is 0 Å². The van der Waals surface area contributed by atoms with Crippen LogP contribution in [-0.4, -0.2) is 0 Å². The molecule has 0 N–H and O–H groups in total. The van der Waals surface area contributed by atoms with Gasteiger partial charge < -0.3 is 0 Å². The van der Waals surface area contributed by atoms with Crippen molar-refractivity contribution in [2.75, 3.05) is 0 Å². The Balaban J connectivity index is 1.65. The van der Waals surface area contributed by atoms with Crippen LogP contribution in [0.25, 0.3) is 0 Å². The van der Waals surface area contributed by atoms with Gasteiger partial charge in [0.2, 0.25) is 0 Å². The van der Waals surface area contributed by atoms with Crippen molar-refractivity contribution >= 4 is 0 Å². The van der Waals surface area contributed by atoms with Gasteiger partial charge in [-0.2, -0.15) is 0 Å². The minimum Gasteiger partial charge on any atom is -0.0999 e. The Morgan fingerprint density at radius 2 is 1.66 bits per heavy atom. The molecule has 32 heavy (non-hydrogen) atoms. The maximum atomic E-state index is 4.32. The van der Waals surface area contributed by atoms with Crippen molar-refractivity contribution < 1.29 is 0 Å². The predicted molar refractivity (Wildman–Crippen MR) is 140 cm³/mol. The number of rotatable bonds is 5. The topological polar surface area (TPSA) is 0 Å². The fourth-order valence-electron chi connectivity index (χ4n) is 10.9. The van der Waals surface area contributed by atoms with Crippen molar-refractivity contribution in [3.63, 3.8) is 0 Å². The van der Waals surface area contributed by atoms with Crippen molar-refractivity contribution in [1.82, 2.24) is 0 Å². The number of hydrogen-bond donors (Lipinski definition) is 0. The van der Waals surface area contributed by atoms with Gasteiger partial charge in [-0.1, -0.05) is 80.9 Å². The molecule has 4 saturated carbocycles. The lowest BCUT2D eigenvalue weighted by Gasteiger charge is -2.70. The molecule has 4 rings (SSSR count). The van der Waals surface area contributed by atoms with Gasteiger partial charge in [-0.25, -0.2) is 0 Å². The summed E-state index contributed by atoms with van der Waals surface area (Å²) in [5.74, 6) is 8.17. The second-order valence-electron chi connectivity index (χ2n) is 14.4. The number of hydrogen-bond acceptors (Lipinski definition) is 0. The highest BCUT2D eigenvalue weighted by molar-refractivity contribution is 5.16. The van der Waals surface area contributed by atoms with Gasteiger partial charge in [-0.3, -0.25) is 0 Å². The summed E-state index contributed by atoms with van der Waals surface area (Å²) in [5.41, 5.74) is 3.09. The van der Waals surface area contributed by atoms with Crippen LogP contribution in [0.1, 0.15) is 120 Å². The Labute approximate surface area is 201 Å². The Kier molecular flexibility index (Phi) is 6.56. The van der Waals surface area contributed by atoms with Crippen LogP contribution in [-0.2, 0) is 0 Å². The Bertz CT molecular complexity index is 705. The van der Waals surface area contributed by atoms with Crippen molar-refractivity contribution in [3.8, 4) is 0 Å². The third-order valence-electron chi connectivity index (χ3n) is 13.6. The van der Waals surface area contributed by atoms with E-state index >= 15 is 0 Å². The first-order chi connectivity index (χ1) is 14.9. The van der Waals surface area contributed by atoms with E-state index in [0.29, 0.717) is 16.2 Å². The molecular formula is C32H56. The standard InChI is InChI=1S/C32H56/c1-11-20(2)12-13-22(4)26-14-15-27-29-24(6)25(7)31(9)19-21(3)16-17-30(31,8)28(29)18-23(5)32(26,27)10/h21-29H,2,11-19H2,1,3-10H3. The number of allylic oxidation sites excluding steroid dienone is 1. The fourth-order valence-corrected chi connectivity index (χ4v) is 10.9. The quantitative estimate of drug-likeness (QED) is 0.373. The highest BCUT2D eigenvalue weighted by atomic mass is 14.7. The Hall–Kier alpha value is -0.260. The lowest BCUT2D eigenvalue weighted by Crippen LogP contribution is -2.64. The van der Waals surface area contributed by atoms with Gasteiger partial charge in [0.15, 0.2) is 0 Å². The summed E-state index contributed by atoms with van der Waals surface area (Å²) in [6.45, 7) is 28.0. The summed E-state index contributed by atoms with van der Waals surface area (Å²) in [4.78, 5) is 0. The van der Waals surface area contributed by atoms with Gasteiger partial charge in [0.1, 0.15) is 0 Å². The molecule has 0 heteroatoms. The third kappa shape index (κ3) is 3.34. The van der Waals surface area contributed by atoms with E-state index in [1.807, 2.05) is 0 Å². The maximum absolute atomic E-state index is 4.32. The normalized spacial score (nSPS) is 53.8. The molecule has 0 saturated heterocycles. The minimum absolute atomic E-state index is 0.532. The molecule has 0 radical (unpaired) electrons. The smallest absolute Gasteiger partial charge is 0.0238 e. The van der Waals surface area contributed by atoms with Gasteiger partial charge in [0.25, 0.3) is 0 Å². The molecule has 12 unspecified atom stereocenters. The molecule has 4 aliphatic rings. The van der Waals surface area contributed by atoms with Crippen LogP contribution in [0.3, 0.4) is 0 Å². The molecule has 4 fully saturated rings. The monoisotopic (exact) mass is 440 g/mol. The second-order valence-corrected chi connectivity index (χ2v) is 14.4. The summed E-state index contributed by atoms with van der Waals surface area (Å²) in [6, 6.07) is 0. The zero-order chi connectivity index (χ0) is 23.6. The molecule has 0 aromatic heterocycles. The second kappa shape index (κ2) is 8.45. The summed E-state index contributed by atoms with van der Waals surface area (Å²) in [7, 11) is 0. The van der Waals surface area contributed by atoms with E-state index in [2.05, 4.69) is 68.9 Å². The fraction of sp³-hybridized carbons (Fsp3) is 0.938. The van der Waals surface area contributed by atoms with Gasteiger partial charge in [-0.05, 0) is 121 Å². The molecule has 0 aliphatic heterocycles. The van der Waals surface area contributed by atoms with Crippen molar-refractivity contribution in [3.05, 3.63) is 12.2 Å². The first kappa shape index (κ1) is 24.9. The van der Waals surface area contributed by atoms with E-state index in [0.717, 1.165) is 59.7 Å². The van der Waals surface area contributed by atoms with Crippen molar-refractivity contribution in [2.24, 2.45) is 69.5 Å². The highest BCUT2D eigenvalue weighted by Gasteiger charge is 2.68. The summed E-state index contributed by atoms with van der Waals surface area (Å²) < 4.78 is 0. The van der Waals surface area contributed by atoms with Crippen LogP contribution in [0.15, 0.2) is 12.2 Å².